The van der Waals surface area contributed by atoms with Crippen LogP contribution in [-0.4, -0.2) is 31.3 Å². The number of methoxy groups -OCH3 is 1. The van der Waals surface area contributed by atoms with E-state index >= 15 is 0 Å². The van der Waals surface area contributed by atoms with E-state index in [4.69, 9.17) is 25.8 Å². The molecule has 1 unspecified atom stereocenters. The molecule has 8 heteroatoms. The number of urea groups is 1. The SMILES string of the molecule is CCOc1c(OC)cc(Cl)cc1C1NC(=O)NC(C)=C1C(=O)OC(C)(C)C. The van der Waals surface area contributed by atoms with Gasteiger partial charge in [0.15, 0.2) is 11.5 Å². The number of benzene rings is 1. The average molecular weight is 397 g/mol. The van der Waals surface area contributed by atoms with Gasteiger partial charge in [0.05, 0.1) is 25.3 Å². The van der Waals surface area contributed by atoms with Crippen LogP contribution in [-0.2, 0) is 9.53 Å². The Balaban J connectivity index is 2.63. The first-order chi connectivity index (χ1) is 12.6. The maximum atomic E-state index is 12.8. The third kappa shape index (κ3) is 4.86. The van der Waals surface area contributed by atoms with Gasteiger partial charge in [-0.3, -0.25) is 0 Å². The molecule has 148 valence electrons. The summed E-state index contributed by atoms with van der Waals surface area (Å²) in [4.78, 5) is 25.0. The van der Waals surface area contributed by atoms with Gasteiger partial charge in [0.25, 0.3) is 0 Å². The monoisotopic (exact) mass is 396 g/mol. The lowest BCUT2D eigenvalue weighted by Gasteiger charge is -2.31. The third-order valence-electron chi connectivity index (χ3n) is 3.76. The lowest BCUT2D eigenvalue weighted by Crippen LogP contribution is -2.46. The first-order valence-corrected chi connectivity index (χ1v) is 8.97. The van der Waals surface area contributed by atoms with Crippen LogP contribution >= 0.6 is 11.6 Å². The van der Waals surface area contributed by atoms with Crippen LogP contribution in [0.5, 0.6) is 11.5 Å². The summed E-state index contributed by atoms with van der Waals surface area (Å²) < 4.78 is 16.6. The van der Waals surface area contributed by atoms with Crippen molar-refractivity contribution in [3.8, 4) is 11.5 Å². The van der Waals surface area contributed by atoms with E-state index in [9.17, 15) is 9.59 Å². The molecule has 7 nitrogen and oxygen atoms in total. The topological polar surface area (TPSA) is 85.9 Å². The summed E-state index contributed by atoms with van der Waals surface area (Å²) in [6.45, 7) is 9.17. The van der Waals surface area contributed by atoms with Gasteiger partial charge in [-0.05, 0) is 40.7 Å². The quantitative estimate of drug-likeness (QED) is 0.741. The van der Waals surface area contributed by atoms with Crippen LogP contribution in [0, 0.1) is 0 Å². The minimum Gasteiger partial charge on any atom is -0.493 e. The van der Waals surface area contributed by atoms with Crippen molar-refractivity contribution in [2.45, 2.75) is 46.3 Å². The number of halogens is 1. The zero-order valence-corrected chi connectivity index (χ0v) is 17.1. The molecule has 0 fully saturated rings. The molecule has 1 aromatic carbocycles. The first-order valence-electron chi connectivity index (χ1n) is 8.59. The number of carbonyl (C=O) groups excluding carboxylic acids is 2. The van der Waals surface area contributed by atoms with Crippen LogP contribution in [0.25, 0.3) is 0 Å². The van der Waals surface area contributed by atoms with Gasteiger partial charge in [0.2, 0.25) is 0 Å². The molecule has 2 N–H and O–H groups in total. The predicted octanol–water partition coefficient (Wildman–Crippen LogP) is 3.72. The Kier molecular flexibility index (Phi) is 6.26. The van der Waals surface area contributed by atoms with E-state index in [-0.39, 0.29) is 5.57 Å². The number of rotatable bonds is 5. The Morgan fingerprint density at radius 1 is 1.30 bits per heavy atom. The van der Waals surface area contributed by atoms with Crippen molar-refractivity contribution in [1.82, 2.24) is 10.6 Å². The highest BCUT2D eigenvalue weighted by atomic mass is 35.5. The van der Waals surface area contributed by atoms with Gasteiger partial charge in [-0.2, -0.15) is 0 Å². The second kappa shape index (κ2) is 8.08. The molecule has 0 bridgehead atoms. The van der Waals surface area contributed by atoms with E-state index < -0.39 is 23.6 Å². The van der Waals surface area contributed by atoms with E-state index in [1.807, 2.05) is 6.92 Å². The maximum Gasteiger partial charge on any atom is 0.338 e. The molecule has 0 spiro atoms. The van der Waals surface area contributed by atoms with Gasteiger partial charge in [-0.25, -0.2) is 9.59 Å². The Morgan fingerprint density at radius 2 is 1.96 bits per heavy atom. The summed E-state index contributed by atoms with van der Waals surface area (Å²) in [5, 5.41) is 5.76. The zero-order valence-electron chi connectivity index (χ0n) is 16.4. The Bertz CT molecular complexity index is 783. The van der Waals surface area contributed by atoms with E-state index in [1.54, 1.807) is 39.8 Å². The smallest absolute Gasteiger partial charge is 0.338 e. The molecule has 0 aromatic heterocycles. The highest BCUT2D eigenvalue weighted by Gasteiger charge is 2.36. The Morgan fingerprint density at radius 3 is 2.52 bits per heavy atom. The van der Waals surface area contributed by atoms with Gasteiger partial charge in [0.1, 0.15) is 5.60 Å². The Labute approximate surface area is 164 Å². The summed E-state index contributed by atoms with van der Waals surface area (Å²) in [6.07, 6.45) is 0. The molecular formula is C19H25ClN2O5. The molecule has 0 saturated heterocycles. The van der Waals surface area contributed by atoms with E-state index in [0.29, 0.717) is 34.4 Å². The second-order valence-electron chi connectivity index (χ2n) is 7.03. The number of ether oxygens (including phenoxy) is 3. The number of hydrogen-bond donors (Lipinski definition) is 2. The van der Waals surface area contributed by atoms with Gasteiger partial charge < -0.3 is 24.8 Å². The van der Waals surface area contributed by atoms with Gasteiger partial charge in [0, 0.05) is 22.3 Å². The molecule has 2 amide bonds. The molecule has 1 aliphatic rings. The zero-order chi connectivity index (χ0) is 20.4. The van der Waals surface area contributed by atoms with Crippen molar-refractivity contribution < 1.29 is 23.8 Å². The van der Waals surface area contributed by atoms with Crippen LogP contribution in [0.4, 0.5) is 4.79 Å². The highest BCUT2D eigenvalue weighted by molar-refractivity contribution is 6.30. The fraction of sp³-hybridized carbons (Fsp3) is 0.474. The average Bonchev–Trinajstić information content (AvgIpc) is 2.53. The van der Waals surface area contributed by atoms with E-state index in [1.165, 1.54) is 7.11 Å². The van der Waals surface area contributed by atoms with Crippen molar-refractivity contribution in [3.63, 3.8) is 0 Å². The van der Waals surface area contributed by atoms with Crippen molar-refractivity contribution in [1.29, 1.82) is 0 Å². The molecule has 1 aromatic rings. The van der Waals surface area contributed by atoms with Crippen molar-refractivity contribution >= 4 is 23.6 Å². The second-order valence-corrected chi connectivity index (χ2v) is 7.47. The maximum absolute atomic E-state index is 12.8. The van der Waals surface area contributed by atoms with Crippen molar-refractivity contribution in [2.75, 3.05) is 13.7 Å². The first kappa shape index (κ1) is 20.9. The number of hydrogen-bond acceptors (Lipinski definition) is 5. The third-order valence-corrected chi connectivity index (χ3v) is 3.97. The standard InChI is InChI=1S/C19H25ClN2O5/c1-7-26-16-12(8-11(20)9-13(16)25-6)15-14(10(2)21-18(24)22-15)17(23)27-19(3,4)5/h8-9,15H,7H2,1-6H3,(H2,21,22,24). The van der Waals surface area contributed by atoms with Crippen LogP contribution in [0.2, 0.25) is 5.02 Å². The summed E-state index contributed by atoms with van der Waals surface area (Å²) in [5.74, 6) is 0.276. The normalized spacial score (nSPS) is 17.1. The van der Waals surface area contributed by atoms with Crippen LogP contribution in [0.1, 0.15) is 46.2 Å². The fourth-order valence-corrected chi connectivity index (χ4v) is 3.00. The summed E-state index contributed by atoms with van der Waals surface area (Å²) >= 11 is 6.23. The lowest BCUT2D eigenvalue weighted by molar-refractivity contribution is -0.150. The summed E-state index contributed by atoms with van der Waals surface area (Å²) in [5.41, 5.74) is 0.496. The Hall–Kier alpha value is -2.41. The molecule has 0 saturated carbocycles. The molecule has 1 heterocycles. The van der Waals surface area contributed by atoms with E-state index in [2.05, 4.69) is 10.6 Å². The molecule has 0 aliphatic carbocycles. The number of allylic oxidation sites excluding steroid dienone is 1. The van der Waals surface area contributed by atoms with Crippen molar-refractivity contribution in [3.05, 3.63) is 34.0 Å². The predicted molar refractivity (Wildman–Crippen MR) is 102 cm³/mol. The summed E-state index contributed by atoms with van der Waals surface area (Å²) in [7, 11) is 1.49. The van der Waals surface area contributed by atoms with E-state index in [0.717, 1.165) is 0 Å². The number of carbonyl (C=O) groups is 2. The lowest BCUT2D eigenvalue weighted by atomic mass is 9.94. The van der Waals surface area contributed by atoms with Crippen molar-refractivity contribution in [2.24, 2.45) is 0 Å². The van der Waals surface area contributed by atoms with Crippen LogP contribution in [0.3, 0.4) is 0 Å². The van der Waals surface area contributed by atoms with Gasteiger partial charge in [-0.1, -0.05) is 11.6 Å². The molecule has 1 aliphatic heterocycles. The minimum absolute atomic E-state index is 0.273. The van der Waals surface area contributed by atoms with Crippen LogP contribution in [0.15, 0.2) is 23.4 Å². The number of nitrogens with one attached hydrogen (secondary N) is 2. The van der Waals surface area contributed by atoms with Gasteiger partial charge in [-0.15, -0.1) is 0 Å². The minimum atomic E-state index is -0.803. The fourth-order valence-electron chi connectivity index (χ4n) is 2.78. The molecule has 2 rings (SSSR count). The molecular weight excluding hydrogens is 372 g/mol. The molecule has 0 radical (unpaired) electrons. The molecule has 27 heavy (non-hydrogen) atoms. The molecule has 1 atom stereocenters. The highest BCUT2D eigenvalue weighted by Crippen LogP contribution is 2.41. The largest absolute Gasteiger partial charge is 0.493 e. The van der Waals surface area contributed by atoms with Crippen LogP contribution < -0.4 is 20.1 Å². The summed E-state index contributed by atoms with van der Waals surface area (Å²) in [6, 6.07) is 2.01. The van der Waals surface area contributed by atoms with Gasteiger partial charge >= 0.3 is 12.0 Å². The number of esters is 1. The number of amides is 2.